The van der Waals surface area contributed by atoms with Crippen LogP contribution in [0.2, 0.25) is 0 Å². The van der Waals surface area contributed by atoms with Crippen molar-refractivity contribution in [3.63, 3.8) is 0 Å². The molecule has 1 fully saturated rings. The van der Waals surface area contributed by atoms with Crippen LogP contribution in [0.4, 0.5) is 4.39 Å². The van der Waals surface area contributed by atoms with Gasteiger partial charge in [-0.15, -0.1) is 0 Å². The van der Waals surface area contributed by atoms with E-state index in [-0.39, 0.29) is 10.9 Å². The largest absolute Gasteiger partial charge is 0.318 e. The molecule has 1 aromatic rings. The lowest BCUT2D eigenvalue weighted by molar-refractivity contribution is 0.378. The van der Waals surface area contributed by atoms with Crippen LogP contribution in [-0.2, 0) is 10.0 Å². The van der Waals surface area contributed by atoms with Crippen molar-refractivity contribution in [2.75, 3.05) is 20.1 Å². The van der Waals surface area contributed by atoms with Gasteiger partial charge in [0.1, 0.15) is 5.82 Å². The Morgan fingerprint density at radius 2 is 2.21 bits per heavy atom. The summed E-state index contributed by atoms with van der Waals surface area (Å²) >= 11 is 0. The Morgan fingerprint density at radius 1 is 1.47 bits per heavy atom. The number of benzene rings is 1. The van der Waals surface area contributed by atoms with Crippen molar-refractivity contribution >= 4 is 10.0 Å². The van der Waals surface area contributed by atoms with Crippen molar-refractivity contribution in [2.45, 2.75) is 30.7 Å². The summed E-state index contributed by atoms with van der Waals surface area (Å²) in [6.45, 7) is 2.81. The molecule has 0 bridgehead atoms. The van der Waals surface area contributed by atoms with Crippen molar-refractivity contribution in [1.29, 1.82) is 0 Å². The number of halogens is 1. The average Bonchev–Trinajstić information content (AvgIpc) is 2.81. The van der Waals surface area contributed by atoms with E-state index in [1.54, 1.807) is 14.0 Å². The number of hydrogen-bond acceptors (Lipinski definition) is 3. The molecule has 1 aliphatic heterocycles. The van der Waals surface area contributed by atoms with E-state index < -0.39 is 15.8 Å². The zero-order chi connectivity index (χ0) is 14.0. The third-order valence-corrected chi connectivity index (χ3v) is 5.59. The molecule has 0 aromatic heterocycles. The Balaban J connectivity index is 2.39. The van der Waals surface area contributed by atoms with Crippen molar-refractivity contribution in [1.82, 2.24) is 9.62 Å². The molecule has 1 heterocycles. The molecule has 1 saturated heterocycles. The van der Waals surface area contributed by atoms with E-state index in [9.17, 15) is 12.8 Å². The highest BCUT2D eigenvalue weighted by Gasteiger charge is 2.35. The summed E-state index contributed by atoms with van der Waals surface area (Å²) < 4.78 is 40.1. The first-order chi connectivity index (χ1) is 8.96. The summed E-state index contributed by atoms with van der Waals surface area (Å²) in [5.74, 6) is -0.520. The predicted molar refractivity (Wildman–Crippen MR) is 72.0 cm³/mol. The second-order valence-corrected chi connectivity index (χ2v) is 6.74. The Hall–Kier alpha value is -0.980. The lowest BCUT2D eigenvalue weighted by atomic mass is 10.2. The van der Waals surface area contributed by atoms with Gasteiger partial charge in [-0.2, -0.15) is 4.31 Å². The monoisotopic (exact) mass is 286 g/mol. The van der Waals surface area contributed by atoms with Crippen LogP contribution in [0.5, 0.6) is 0 Å². The molecule has 19 heavy (non-hydrogen) atoms. The van der Waals surface area contributed by atoms with E-state index in [0.29, 0.717) is 18.7 Å². The van der Waals surface area contributed by atoms with Crippen molar-refractivity contribution in [3.8, 4) is 0 Å². The van der Waals surface area contributed by atoms with Crippen molar-refractivity contribution in [2.24, 2.45) is 0 Å². The quantitative estimate of drug-likeness (QED) is 0.912. The van der Waals surface area contributed by atoms with Gasteiger partial charge < -0.3 is 5.32 Å². The highest BCUT2D eigenvalue weighted by Crippen LogP contribution is 2.27. The molecule has 6 heteroatoms. The van der Waals surface area contributed by atoms with Crippen LogP contribution in [0.25, 0.3) is 0 Å². The fraction of sp³-hybridized carbons (Fsp3) is 0.538. The molecule has 4 nitrogen and oxygen atoms in total. The molecule has 0 radical (unpaired) electrons. The van der Waals surface area contributed by atoms with Crippen molar-refractivity contribution < 1.29 is 12.8 Å². The van der Waals surface area contributed by atoms with Gasteiger partial charge in [0.15, 0.2) is 0 Å². The molecule has 2 rings (SSSR count). The van der Waals surface area contributed by atoms with E-state index in [1.165, 1.54) is 16.4 Å². The maximum atomic E-state index is 13.3. The molecular formula is C13H19FN2O2S. The Labute approximate surface area is 113 Å². The van der Waals surface area contributed by atoms with Crippen LogP contribution in [0.3, 0.4) is 0 Å². The lowest BCUT2D eigenvalue weighted by Gasteiger charge is -2.24. The van der Waals surface area contributed by atoms with E-state index in [0.717, 1.165) is 18.9 Å². The Kier molecular flexibility index (Phi) is 4.23. The maximum absolute atomic E-state index is 13.3. The van der Waals surface area contributed by atoms with E-state index in [4.69, 9.17) is 0 Å². The van der Waals surface area contributed by atoms with Gasteiger partial charge in [0.2, 0.25) is 10.0 Å². The second kappa shape index (κ2) is 5.56. The Bertz CT molecular complexity index is 560. The lowest BCUT2D eigenvalue weighted by Crippen LogP contribution is -2.41. The number of aryl methyl sites for hydroxylation is 1. The normalized spacial score (nSPS) is 20.9. The third-order valence-electron chi connectivity index (χ3n) is 3.50. The van der Waals surface area contributed by atoms with E-state index in [2.05, 4.69) is 5.32 Å². The molecule has 0 saturated carbocycles. The summed E-state index contributed by atoms with van der Waals surface area (Å²) in [7, 11) is -1.81. The van der Waals surface area contributed by atoms with Gasteiger partial charge in [0, 0.05) is 19.1 Å². The highest BCUT2D eigenvalue weighted by atomic mass is 32.2. The fourth-order valence-electron chi connectivity index (χ4n) is 2.54. The van der Waals surface area contributed by atoms with Gasteiger partial charge in [0.05, 0.1) is 4.90 Å². The smallest absolute Gasteiger partial charge is 0.243 e. The molecule has 0 aliphatic carbocycles. The van der Waals surface area contributed by atoms with Crippen LogP contribution in [-0.4, -0.2) is 38.9 Å². The molecule has 106 valence electrons. The Morgan fingerprint density at radius 3 is 2.89 bits per heavy atom. The fourth-order valence-corrected chi connectivity index (χ4v) is 4.47. The molecule has 0 spiro atoms. The number of hydrogen-bond donors (Lipinski definition) is 1. The predicted octanol–water partition coefficient (Wildman–Crippen LogP) is 1.51. The topological polar surface area (TPSA) is 49.4 Å². The molecule has 1 N–H and O–H groups in total. The zero-order valence-electron chi connectivity index (χ0n) is 11.2. The molecule has 1 aromatic carbocycles. The molecule has 1 unspecified atom stereocenters. The molecule has 1 atom stereocenters. The van der Waals surface area contributed by atoms with Crippen LogP contribution in [0.15, 0.2) is 23.1 Å². The first-order valence-electron chi connectivity index (χ1n) is 6.39. The van der Waals surface area contributed by atoms with Gasteiger partial charge in [-0.3, -0.25) is 0 Å². The number of likely N-dealkylation sites (N-methyl/N-ethyl adjacent to an activating group) is 1. The molecular weight excluding hydrogens is 267 g/mol. The average molecular weight is 286 g/mol. The van der Waals surface area contributed by atoms with E-state index in [1.807, 2.05) is 0 Å². The number of sulfonamides is 1. The van der Waals surface area contributed by atoms with Gasteiger partial charge in [-0.1, -0.05) is 6.07 Å². The summed E-state index contributed by atoms with van der Waals surface area (Å²) in [4.78, 5) is 0.0792. The number of nitrogens with zero attached hydrogens (tertiary/aromatic N) is 1. The summed E-state index contributed by atoms with van der Waals surface area (Å²) in [6.07, 6.45) is 1.69. The van der Waals surface area contributed by atoms with Crippen LogP contribution >= 0.6 is 0 Å². The van der Waals surface area contributed by atoms with Gasteiger partial charge in [0.25, 0.3) is 0 Å². The van der Waals surface area contributed by atoms with Gasteiger partial charge >= 0.3 is 0 Å². The van der Waals surface area contributed by atoms with Crippen LogP contribution in [0.1, 0.15) is 18.4 Å². The van der Waals surface area contributed by atoms with Crippen LogP contribution < -0.4 is 5.32 Å². The number of nitrogens with one attached hydrogen (secondary N) is 1. The standard InChI is InChI=1S/C13H19FN2O2S/c1-10-5-6-11(14)8-13(10)19(17,18)16-7-3-4-12(16)9-15-2/h5-6,8,12,15H,3-4,7,9H2,1-2H3. The first kappa shape index (κ1) is 14.4. The molecule has 0 amide bonds. The number of rotatable bonds is 4. The van der Waals surface area contributed by atoms with Crippen LogP contribution in [0, 0.1) is 12.7 Å². The van der Waals surface area contributed by atoms with E-state index >= 15 is 0 Å². The maximum Gasteiger partial charge on any atom is 0.243 e. The second-order valence-electron chi connectivity index (χ2n) is 4.88. The van der Waals surface area contributed by atoms with Gasteiger partial charge in [-0.25, -0.2) is 12.8 Å². The SMILES string of the molecule is CNCC1CCCN1S(=O)(=O)c1cc(F)ccc1C. The minimum Gasteiger partial charge on any atom is -0.318 e. The zero-order valence-corrected chi connectivity index (χ0v) is 12.0. The summed E-state index contributed by atoms with van der Waals surface area (Å²) in [6, 6.07) is 3.85. The van der Waals surface area contributed by atoms with Crippen molar-refractivity contribution in [3.05, 3.63) is 29.6 Å². The summed E-state index contributed by atoms with van der Waals surface area (Å²) in [5.41, 5.74) is 0.580. The molecule has 1 aliphatic rings. The summed E-state index contributed by atoms with van der Waals surface area (Å²) in [5, 5.41) is 3.01. The highest BCUT2D eigenvalue weighted by molar-refractivity contribution is 7.89. The van der Waals surface area contributed by atoms with Gasteiger partial charge in [-0.05, 0) is 44.5 Å². The third kappa shape index (κ3) is 2.80. The minimum absolute atomic E-state index is 0.0438. The first-order valence-corrected chi connectivity index (χ1v) is 7.83. The minimum atomic E-state index is -3.61.